The number of hydrogen-bond donors (Lipinski definition) is 2. The molecular weight excluding hydrogens is 370 g/mol. The quantitative estimate of drug-likeness (QED) is 0.613. The second-order valence-electron chi connectivity index (χ2n) is 6.90. The van der Waals surface area contributed by atoms with Crippen molar-refractivity contribution in [2.45, 2.75) is 26.0 Å². The molecule has 4 rings (SSSR count). The Bertz CT molecular complexity index is 979. The molecule has 1 aliphatic rings. The van der Waals surface area contributed by atoms with Crippen LogP contribution in [-0.2, 0) is 17.9 Å². The van der Waals surface area contributed by atoms with Crippen molar-refractivity contribution in [2.75, 3.05) is 5.32 Å². The summed E-state index contributed by atoms with van der Waals surface area (Å²) < 4.78 is 10.9. The largest absolute Gasteiger partial charge is 0.489 e. The lowest BCUT2D eigenvalue weighted by molar-refractivity contribution is -0.117. The minimum atomic E-state index is -0.370. The van der Waals surface area contributed by atoms with Gasteiger partial charge < -0.3 is 14.5 Å². The summed E-state index contributed by atoms with van der Waals surface area (Å²) in [6, 6.07) is 17.5. The van der Waals surface area contributed by atoms with E-state index in [1.165, 1.54) is 6.26 Å². The summed E-state index contributed by atoms with van der Waals surface area (Å²) in [5, 5.41) is 5.35. The highest BCUT2D eigenvalue weighted by Gasteiger charge is 2.30. The Kier molecular flexibility index (Phi) is 5.56. The van der Waals surface area contributed by atoms with Crippen LogP contribution in [0.2, 0.25) is 0 Å². The molecule has 0 unspecified atom stereocenters. The first-order valence-electron chi connectivity index (χ1n) is 9.47. The Hall–Kier alpha value is -3.61. The number of amides is 2. The van der Waals surface area contributed by atoms with Crippen LogP contribution < -0.4 is 15.4 Å². The average molecular weight is 391 g/mol. The second kappa shape index (κ2) is 8.60. The predicted molar refractivity (Wildman–Crippen MR) is 106 cm³/mol. The van der Waals surface area contributed by atoms with E-state index < -0.39 is 0 Å². The number of nitrogens with zero attached hydrogens (tertiary/aromatic N) is 1. The smallest absolute Gasteiger partial charge is 0.302 e. The maximum absolute atomic E-state index is 12.2. The number of oxazole rings is 1. The maximum Gasteiger partial charge on any atom is 0.302 e. The fourth-order valence-electron chi connectivity index (χ4n) is 2.71. The molecule has 1 fully saturated rings. The van der Waals surface area contributed by atoms with E-state index in [2.05, 4.69) is 15.6 Å². The lowest BCUT2D eigenvalue weighted by atomic mass is 10.2. The average Bonchev–Trinajstić information content (AvgIpc) is 3.51. The van der Waals surface area contributed by atoms with Crippen molar-refractivity contribution < 1.29 is 18.7 Å². The van der Waals surface area contributed by atoms with Gasteiger partial charge in [-0.2, -0.15) is 4.98 Å². The van der Waals surface area contributed by atoms with Gasteiger partial charge in [-0.25, -0.2) is 0 Å². The standard InChI is InChI=1S/C22H21N3O4/c26-20(17-8-9-17)25-22-24-19(14-29-22)21(27)23-12-15-6-10-18(11-7-15)28-13-16-4-2-1-3-5-16/h1-7,10-11,14,17H,8-9,12-13H2,(H,23,27)(H,24,25,26). The van der Waals surface area contributed by atoms with Crippen molar-refractivity contribution in [3.05, 3.63) is 77.7 Å². The molecule has 7 heteroatoms. The summed E-state index contributed by atoms with van der Waals surface area (Å²) in [6.45, 7) is 0.844. The van der Waals surface area contributed by atoms with Crippen molar-refractivity contribution in [3.63, 3.8) is 0 Å². The fraction of sp³-hybridized carbons (Fsp3) is 0.227. The van der Waals surface area contributed by atoms with E-state index in [1.54, 1.807) is 0 Å². The zero-order valence-electron chi connectivity index (χ0n) is 15.8. The van der Waals surface area contributed by atoms with Gasteiger partial charge in [0.2, 0.25) is 5.91 Å². The van der Waals surface area contributed by atoms with E-state index in [-0.39, 0.29) is 29.4 Å². The molecule has 0 radical (unpaired) electrons. The van der Waals surface area contributed by atoms with Crippen molar-refractivity contribution in [1.29, 1.82) is 0 Å². The van der Waals surface area contributed by atoms with Crippen LogP contribution in [-0.4, -0.2) is 16.8 Å². The molecule has 1 aromatic heterocycles. The molecule has 29 heavy (non-hydrogen) atoms. The first kappa shape index (κ1) is 18.7. The molecule has 1 saturated carbocycles. The van der Waals surface area contributed by atoms with Crippen molar-refractivity contribution >= 4 is 17.8 Å². The summed E-state index contributed by atoms with van der Waals surface area (Å²) in [4.78, 5) is 27.9. The minimum absolute atomic E-state index is 0.0406. The summed E-state index contributed by atoms with van der Waals surface area (Å²) in [7, 11) is 0. The van der Waals surface area contributed by atoms with E-state index in [4.69, 9.17) is 9.15 Å². The maximum atomic E-state index is 12.2. The van der Waals surface area contributed by atoms with Gasteiger partial charge in [0.15, 0.2) is 5.69 Å². The van der Waals surface area contributed by atoms with Gasteiger partial charge in [-0.15, -0.1) is 0 Å². The molecule has 0 bridgehead atoms. The predicted octanol–water partition coefficient (Wildman–Crippen LogP) is 3.53. The lowest BCUT2D eigenvalue weighted by Crippen LogP contribution is -2.23. The van der Waals surface area contributed by atoms with Crippen LogP contribution >= 0.6 is 0 Å². The summed E-state index contributed by atoms with van der Waals surface area (Å²) in [6.07, 6.45) is 3.00. The Morgan fingerprint density at radius 3 is 2.52 bits per heavy atom. The molecule has 1 heterocycles. The topological polar surface area (TPSA) is 93.5 Å². The number of nitrogens with one attached hydrogen (secondary N) is 2. The van der Waals surface area contributed by atoms with Crippen LogP contribution in [0.1, 0.15) is 34.5 Å². The number of benzene rings is 2. The summed E-state index contributed by atoms with van der Waals surface area (Å²) >= 11 is 0. The van der Waals surface area contributed by atoms with Crippen LogP contribution in [0.15, 0.2) is 65.3 Å². The Balaban J connectivity index is 1.24. The van der Waals surface area contributed by atoms with Crippen molar-refractivity contribution in [3.8, 4) is 5.75 Å². The first-order valence-corrected chi connectivity index (χ1v) is 9.47. The molecule has 3 aromatic rings. The highest BCUT2D eigenvalue weighted by molar-refractivity contribution is 5.94. The molecular formula is C22H21N3O4. The van der Waals surface area contributed by atoms with Gasteiger partial charge in [-0.05, 0) is 36.1 Å². The third-order valence-electron chi connectivity index (χ3n) is 4.54. The fourth-order valence-corrected chi connectivity index (χ4v) is 2.71. The number of anilines is 1. The van der Waals surface area contributed by atoms with Gasteiger partial charge in [0.1, 0.15) is 18.6 Å². The lowest BCUT2D eigenvalue weighted by Gasteiger charge is -2.08. The minimum Gasteiger partial charge on any atom is -0.489 e. The van der Waals surface area contributed by atoms with Crippen molar-refractivity contribution in [2.24, 2.45) is 5.92 Å². The number of rotatable bonds is 8. The van der Waals surface area contributed by atoms with Gasteiger partial charge in [-0.1, -0.05) is 42.5 Å². The van der Waals surface area contributed by atoms with E-state index in [0.29, 0.717) is 13.2 Å². The Morgan fingerprint density at radius 2 is 1.79 bits per heavy atom. The molecule has 2 N–H and O–H groups in total. The highest BCUT2D eigenvalue weighted by atomic mass is 16.5. The zero-order valence-corrected chi connectivity index (χ0v) is 15.8. The third kappa shape index (κ3) is 5.22. The van der Waals surface area contributed by atoms with E-state index in [9.17, 15) is 9.59 Å². The number of ether oxygens (including phenoxy) is 1. The summed E-state index contributed by atoms with van der Waals surface area (Å²) in [5.41, 5.74) is 2.15. The molecule has 0 saturated heterocycles. The SMILES string of the molecule is O=C(NCc1ccc(OCc2ccccc2)cc1)c1coc(NC(=O)C2CC2)n1. The highest BCUT2D eigenvalue weighted by Crippen LogP contribution is 2.30. The first-order chi connectivity index (χ1) is 14.2. The van der Waals surface area contributed by atoms with Crippen LogP contribution in [0.4, 0.5) is 6.01 Å². The van der Waals surface area contributed by atoms with Crippen LogP contribution in [0.3, 0.4) is 0 Å². The molecule has 0 aliphatic heterocycles. The monoisotopic (exact) mass is 391 g/mol. The second-order valence-corrected chi connectivity index (χ2v) is 6.90. The van der Waals surface area contributed by atoms with Gasteiger partial charge >= 0.3 is 6.01 Å². The third-order valence-corrected chi connectivity index (χ3v) is 4.54. The zero-order chi connectivity index (χ0) is 20.1. The van der Waals surface area contributed by atoms with Gasteiger partial charge in [-0.3, -0.25) is 14.9 Å². The van der Waals surface area contributed by atoms with Crippen LogP contribution in [0, 0.1) is 5.92 Å². The van der Waals surface area contributed by atoms with E-state index >= 15 is 0 Å². The van der Waals surface area contributed by atoms with Gasteiger partial charge in [0.05, 0.1) is 0 Å². The Morgan fingerprint density at radius 1 is 1.03 bits per heavy atom. The summed E-state index contributed by atoms with van der Waals surface area (Å²) in [5.74, 6) is 0.314. The molecule has 0 atom stereocenters. The number of hydrogen-bond acceptors (Lipinski definition) is 5. The normalized spacial score (nSPS) is 13.0. The molecule has 2 amide bonds. The molecule has 0 spiro atoms. The number of carbonyl (C=O) groups excluding carboxylic acids is 2. The van der Waals surface area contributed by atoms with E-state index in [0.717, 1.165) is 29.7 Å². The number of carbonyl (C=O) groups is 2. The van der Waals surface area contributed by atoms with Crippen LogP contribution in [0.25, 0.3) is 0 Å². The van der Waals surface area contributed by atoms with Crippen molar-refractivity contribution in [1.82, 2.24) is 10.3 Å². The van der Waals surface area contributed by atoms with Gasteiger partial charge in [0, 0.05) is 12.5 Å². The number of aromatic nitrogens is 1. The molecule has 1 aliphatic carbocycles. The molecule has 7 nitrogen and oxygen atoms in total. The van der Waals surface area contributed by atoms with E-state index in [1.807, 2.05) is 54.6 Å². The molecule has 2 aromatic carbocycles. The van der Waals surface area contributed by atoms with Crippen LogP contribution in [0.5, 0.6) is 5.75 Å². The van der Waals surface area contributed by atoms with Gasteiger partial charge in [0.25, 0.3) is 5.91 Å². The Labute approximate surface area is 168 Å². The molecule has 148 valence electrons.